The van der Waals surface area contributed by atoms with Crippen molar-refractivity contribution in [1.29, 1.82) is 0 Å². The van der Waals surface area contributed by atoms with Gasteiger partial charge in [-0.1, -0.05) is 78.6 Å². The van der Waals surface area contributed by atoms with E-state index < -0.39 is 0 Å². The summed E-state index contributed by atoms with van der Waals surface area (Å²) >= 11 is 12.5. The van der Waals surface area contributed by atoms with E-state index in [0.717, 1.165) is 69.8 Å². The first-order valence-electron chi connectivity index (χ1n) is 12.8. The first-order chi connectivity index (χ1) is 17.0. The van der Waals surface area contributed by atoms with Gasteiger partial charge in [0, 0.05) is 61.1 Å². The van der Waals surface area contributed by atoms with Crippen LogP contribution in [0, 0.1) is 11.8 Å². The Morgan fingerprint density at radius 3 is 2.54 bits per heavy atom. The molecule has 1 saturated carbocycles. The van der Waals surface area contributed by atoms with E-state index in [1.165, 1.54) is 11.1 Å². The molecule has 4 rings (SSSR count). The summed E-state index contributed by atoms with van der Waals surface area (Å²) < 4.78 is 0. The monoisotopic (exact) mass is 513 g/mol. The molecular formula is C29H37Cl2N3O. The molecule has 0 N–H and O–H groups in total. The van der Waals surface area contributed by atoms with Crippen LogP contribution in [-0.2, 0) is 11.4 Å². The highest BCUT2D eigenvalue weighted by atomic mass is 35.5. The van der Waals surface area contributed by atoms with E-state index in [9.17, 15) is 0 Å². The molecule has 188 valence electrons. The van der Waals surface area contributed by atoms with Crippen molar-refractivity contribution in [3.05, 3.63) is 75.3 Å². The third kappa shape index (κ3) is 7.82. The minimum absolute atomic E-state index is 0.383. The number of halogens is 2. The van der Waals surface area contributed by atoms with Crippen molar-refractivity contribution in [3.63, 3.8) is 0 Å². The quantitative estimate of drug-likeness (QED) is 0.354. The van der Waals surface area contributed by atoms with Gasteiger partial charge in [-0.2, -0.15) is 0 Å². The maximum Gasteiger partial charge on any atom is 0.120 e. The molecule has 0 spiro atoms. The van der Waals surface area contributed by atoms with Gasteiger partial charge in [0.05, 0.1) is 5.71 Å². The largest absolute Gasteiger partial charge is 0.395 e. The van der Waals surface area contributed by atoms with Crippen LogP contribution in [0.2, 0.25) is 10.0 Å². The Hall–Kier alpha value is -1.85. The molecule has 2 aromatic rings. The van der Waals surface area contributed by atoms with Gasteiger partial charge in [0.1, 0.15) is 6.61 Å². The summed E-state index contributed by atoms with van der Waals surface area (Å²) in [5.74, 6) is 0.811. The maximum atomic E-state index is 6.41. The van der Waals surface area contributed by atoms with E-state index >= 15 is 0 Å². The molecule has 0 aromatic heterocycles. The molecule has 2 fully saturated rings. The molecule has 2 atom stereocenters. The third-order valence-electron chi connectivity index (χ3n) is 6.98. The second kappa shape index (κ2) is 12.9. The van der Waals surface area contributed by atoms with Crippen LogP contribution in [0.3, 0.4) is 0 Å². The van der Waals surface area contributed by atoms with Crippen LogP contribution in [-0.4, -0.2) is 54.8 Å². The van der Waals surface area contributed by atoms with Crippen LogP contribution in [0.4, 0.5) is 0 Å². The highest BCUT2D eigenvalue weighted by Gasteiger charge is 2.23. The summed E-state index contributed by atoms with van der Waals surface area (Å²) in [6.45, 7) is 11.7. The molecule has 1 aliphatic carbocycles. The fourth-order valence-corrected chi connectivity index (χ4v) is 5.44. The molecule has 0 bridgehead atoms. The van der Waals surface area contributed by atoms with Crippen LogP contribution in [0.25, 0.3) is 6.08 Å². The summed E-state index contributed by atoms with van der Waals surface area (Å²) in [5, 5.41) is 5.95. The topological polar surface area (TPSA) is 28.1 Å². The Kier molecular flexibility index (Phi) is 9.67. The molecule has 35 heavy (non-hydrogen) atoms. The van der Waals surface area contributed by atoms with Crippen molar-refractivity contribution < 1.29 is 4.84 Å². The normalized spacial score (nSPS) is 23.0. The van der Waals surface area contributed by atoms with Gasteiger partial charge in [0.25, 0.3) is 0 Å². The van der Waals surface area contributed by atoms with Gasteiger partial charge >= 0.3 is 0 Å². The molecule has 2 aliphatic rings. The highest BCUT2D eigenvalue weighted by Crippen LogP contribution is 2.30. The molecule has 1 saturated heterocycles. The average Bonchev–Trinajstić information content (AvgIpc) is 2.84. The highest BCUT2D eigenvalue weighted by molar-refractivity contribution is 6.35. The molecule has 6 heteroatoms. The number of piperazine rings is 1. The van der Waals surface area contributed by atoms with Crippen LogP contribution < -0.4 is 0 Å². The second-order valence-corrected chi connectivity index (χ2v) is 10.9. The van der Waals surface area contributed by atoms with Gasteiger partial charge in [-0.05, 0) is 54.2 Å². The third-order valence-corrected chi connectivity index (χ3v) is 7.54. The number of benzene rings is 2. The average molecular weight is 515 g/mol. The van der Waals surface area contributed by atoms with Crippen molar-refractivity contribution in [2.24, 2.45) is 17.0 Å². The molecule has 0 amide bonds. The Morgan fingerprint density at radius 2 is 1.80 bits per heavy atom. The lowest BCUT2D eigenvalue weighted by molar-refractivity contribution is 0.0710. The first-order valence-corrected chi connectivity index (χ1v) is 13.6. The van der Waals surface area contributed by atoms with E-state index in [1.807, 2.05) is 12.1 Å². The van der Waals surface area contributed by atoms with E-state index in [-0.39, 0.29) is 0 Å². The number of hydrogen-bond donors (Lipinski definition) is 0. The minimum atomic E-state index is 0.383. The fraction of sp³-hybridized carbons (Fsp3) is 0.483. The maximum absolute atomic E-state index is 6.41. The van der Waals surface area contributed by atoms with Crippen molar-refractivity contribution in [2.75, 3.05) is 39.3 Å². The number of hydrogen-bond acceptors (Lipinski definition) is 4. The van der Waals surface area contributed by atoms with Gasteiger partial charge < -0.3 is 9.74 Å². The lowest BCUT2D eigenvalue weighted by Gasteiger charge is -2.35. The van der Waals surface area contributed by atoms with Crippen LogP contribution in [0.1, 0.15) is 44.2 Å². The van der Waals surface area contributed by atoms with Crippen molar-refractivity contribution in [2.45, 2.75) is 39.7 Å². The molecule has 2 aromatic carbocycles. The lowest BCUT2D eigenvalue weighted by Crippen LogP contribution is -2.47. The molecular weight excluding hydrogens is 477 g/mol. The number of oxime groups is 1. The van der Waals surface area contributed by atoms with E-state index in [4.69, 9.17) is 28.0 Å². The van der Waals surface area contributed by atoms with E-state index in [0.29, 0.717) is 28.5 Å². The molecule has 1 aliphatic heterocycles. The Morgan fingerprint density at radius 1 is 1.06 bits per heavy atom. The summed E-state index contributed by atoms with van der Waals surface area (Å²) in [4.78, 5) is 11.0. The number of allylic oxidation sites excluding steroid dienone is 1. The number of rotatable bonds is 8. The Balaban J connectivity index is 1.27. The predicted molar refractivity (Wildman–Crippen MR) is 148 cm³/mol. The van der Waals surface area contributed by atoms with Gasteiger partial charge in [-0.25, -0.2) is 0 Å². The smallest absolute Gasteiger partial charge is 0.120 e. The van der Waals surface area contributed by atoms with E-state index in [2.05, 4.69) is 65.2 Å². The van der Waals surface area contributed by atoms with Crippen molar-refractivity contribution in [3.8, 4) is 0 Å². The van der Waals surface area contributed by atoms with E-state index in [1.54, 1.807) is 6.07 Å². The summed E-state index contributed by atoms with van der Waals surface area (Å²) in [7, 11) is 0. The minimum Gasteiger partial charge on any atom is -0.395 e. The zero-order chi connectivity index (χ0) is 24.6. The van der Waals surface area contributed by atoms with Gasteiger partial charge in [-0.3, -0.25) is 4.90 Å². The van der Waals surface area contributed by atoms with Crippen molar-refractivity contribution in [1.82, 2.24) is 9.80 Å². The summed E-state index contributed by atoms with van der Waals surface area (Å²) in [6.07, 6.45) is 5.43. The lowest BCUT2D eigenvalue weighted by atomic mass is 9.84. The Bertz CT molecular complexity index is 1020. The molecule has 4 nitrogen and oxygen atoms in total. The number of nitrogens with zero attached hydrogens (tertiary/aromatic N) is 3. The SMILES string of the molecule is CC(CON=C1C(=Cc2ccc(Cl)cc2Cl)CCC[C@@H]1C)CN1CCN(Cc2ccccc2)CC1. The molecule has 1 unspecified atom stereocenters. The molecule has 1 heterocycles. The fourth-order valence-electron chi connectivity index (χ4n) is 4.98. The van der Waals surface area contributed by atoms with Gasteiger partial charge in [-0.15, -0.1) is 0 Å². The zero-order valence-corrected chi connectivity index (χ0v) is 22.4. The van der Waals surface area contributed by atoms with Crippen LogP contribution in [0.15, 0.2) is 59.3 Å². The van der Waals surface area contributed by atoms with Gasteiger partial charge in [0.2, 0.25) is 0 Å². The Labute approximate surface area is 220 Å². The van der Waals surface area contributed by atoms with Gasteiger partial charge in [0.15, 0.2) is 0 Å². The standard InChI is InChI=1S/C29H37Cl2N3O/c1-22(19-33-13-15-34(16-14-33)20-24-8-4-3-5-9-24)21-35-32-29-23(2)7-6-10-26(29)17-25-11-12-27(30)18-28(25)31/h3-5,8-9,11-12,17-18,22-23H,6-7,10,13-16,19-21H2,1-2H3/t22?,23-/m0/s1. The second-order valence-electron chi connectivity index (χ2n) is 10.1. The molecule has 0 radical (unpaired) electrons. The first kappa shape index (κ1) is 26.2. The zero-order valence-electron chi connectivity index (χ0n) is 20.9. The summed E-state index contributed by atoms with van der Waals surface area (Å²) in [5.41, 5.74) is 4.65. The van der Waals surface area contributed by atoms with Crippen LogP contribution in [0.5, 0.6) is 0 Å². The predicted octanol–water partition coefficient (Wildman–Crippen LogP) is 7.02. The van der Waals surface area contributed by atoms with Crippen LogP contribution >= 0.6 is 23.2 Å². The van der Waals surface area contributed by atoms with Crippen molar-refractivity contribution >= 4 is 35.0 Å². The summed E-state index contributed by atoms with van der Waals surface area (Å²) in [6, 6.07) is 16.4.